The molecule has 1 unspecified atom stereocenters. The first-order valence-electron chi connectivity index (χ1n) is 20.5. The molecule has 0 radical (unpaired) electrons. The average molecular weight is 803 g/mol. The average Bonchev–Trinajstić information content (AvgIpc) is 3.19. The molecular formula is C47H61Cl2N3O4. The number of hydrogen-bond acceptors (Lipinski definition) is 6. The summed E-state index contributed by atoms with van der Waals surface area (Å²) in [5.74, 6) is 0.397. The third kappa shape index (κ3) is 15.8. The largest absolute Gasteiger partial charge is 0.494 e. The lowest BCUT2D eigenvalue weighted by molar-refractivity contribution is -0.152. The van der Waals surface area contributed by atoms with E-state index in [9.17, 15) is 9.59 Å². The number of esters is 1. The SMILES string of the molecule is CC/C=C\C/C=C\C/C=C\C/C=C\C/C=C\CCCCCC(=O)OC(C)n1c(=O)ccc2ccc(OCCCCN3CCN(c4cccc(Cl)c4Cl)CC3)cc21. The van der Waals surface area contributed by atoms with Crippen molar-refractivity contribution in [2.75, 3.05) is 44.2 Å². The van der Waals surface area contributed by atoms with E-state index in [2.05, 4.69) is 77.5 Å². The molecule has 0 saturated carbocycles. The molecule has 0 aliphatic carbocycles. The highest BCUT2D eigenvalue weighted by atomic mass is 35.5. The second-order valence-electron chi connectivity index (χ2n) is 14.1. The number of aromatic nitrogens is 1. The summed E-state index contributed by atoms with van der Waals surface area (Å²) >= 11 is 12.7. The molecule has 0 amide bonds. The van der Waals surface area contributed by atoms with Gasteiger partial charge < -0.3 is 14.4 Å². The van der Waals surface area contributed by atoms with Gasteiger partial charge in [-0.1, -0.05) is 103 Å². The molecule has 0 bridgehead atoms. The molecule has 9 heteroatoms. The van der Waals surface area contributed by atoms with E-state index >= 15 is 0 Å². The molecule has 4 rings (SSSR count). The molecule has 1 aliphatic rings. The van der Waals surface area contributed by atoms with Crippen LogP contribution in [-0.4, -0.2) is 54.8 Å². The number of halogens is 2. The number of rotatable bonds is 24. The molecule has 1 aliphatic heterocycles. The number of anilines is 1. The number of allylic oxidation sites excluding steroid dienone is 10. The molecular weight excluding hydrogens is 741 g/mol. The molecule has 1 aromatic heterocycles. The zero-order valence-electron chi connectivity index (χ0n) is 33.4. The van der Waals surface area contributed by atoms with Gasteiger partial charge in [-0.15, -0.1) is 0 Å². The summed E-state index contributed by atoms with van der Waals surface area (Å²) in [5.41, 5.74) is 1.47. The highest BCUT2D eigenvalue weighted by Crippen LogP contribution is 2.33. The smallest absolute Gasteiger partial charge is 0.307 e. The monoisotopic (exact) mass is 801 g/mol. The molecule has 2 heterocycles. The summed E-state index contributed by atoms with van der Waals surface area (Å²) in [4.78, 5) is 30.5. The van der Waals surface area contributed by atoms with Crippen LogP contribution in [0.15, 0.2) is 114 Å². The quantitative estimate of drug-likeness (QED) is 0.0511. The molecule has 56 heavy (non-hydrogen) atoms. The van der Waals surface area contributed by atoms with Crippen LogP contribution in [0.4, 0.5) is 5.69 Å². The first-order chi connectivity index (χ1) is 27.4. The molecule has 1 atom stereocenters. The Hall–Kier alpha value is -4.04. The Morgan fingerprint density at radius 2 is 1.43 bits per heavy atom. The van der Waals surface area contributed by atoms with E-state index < -0.39 is 6.23 Å². The zero-order chi connectivity index (χ0) is 39.8. The maximum atomic E-state index is 13.0. The molecule has 302 valence electrons. The van der Waals surface area contributed by atoms with Crippen molar-refractivity contribution in [3.63, 3.8) is 0 Å². The van der Waals surface area contributed by atoms with Crippen molar-refractivity contribution in [2.45, 2.75) is 97.1 Å². The number of carbonyl (C=O) groups is 1. The Balaban J connectivity index is 1.09. The van der Waals surface area contributed by atoms with Crippen LogP contribution in [0.5, 0.6) is 5.75 Å². The highest BCUT2D eigenvalue weighted by Gasteiger charge is 2.20. The van der Waals surface area contributed by atoms with E-state index in [0.29, 0.717) is 34.3 Å². The van der Waals surface area contributed by atoms with Gasteiger partial charge in [0.05, 0.1) is 27.9 Å². The van der Waals surface area contributed by atoms with Crippen LogP contribution in [0.25, 0.3) is 10.9 Å². The van der Waals surface area contributed by atoms with Gasteiger partial charge in [0.15, 0.2) is 6.23 Å². The second kappa shape index (κ2) is 26.0. The van der Waals surface area contributed by atoms with E-state index in [1.54, 1.807) is 13.0 Å². The summed E-state index contributed by atoms with van der Waals surface area (Å²) in [7, 11) is 0. The van der Waals surface area contributed by atoms with Gasteiger partial charge in [0.25, 0.3) is 5.56 Å². The fourth-order valence-corrected chi connectivity index (χ4v) is 7.07. The Morgan fingerprint density at radius 3 is 2.12 bits per heavy atom. The highest BCUT2D eigenvalue weighted by molar-refractivity contribution is 6.43. The summed E-state index contributed by atoms with van der Waals surface area (Å²) in [6.45, 7) is 9.25. The van der Waals surface area contributed by atoms with Crippen molar-refractivity contribution in [2.24, 2.45) is 0 Å². The van der Waals surface area contributed by atoms with Crippen molar-refractivity contribution >= 4 is 45.8 Å². The van der Waals surface area contributed by atoms with Crippen LogP contribution in [0.3, 0.4) is 0 Å². The third-order valence-corrected chi connectivity index (χ3v) is 10.6. The Labute approximate surface area is 345 Å². The van der Waals surface area contributed by atoms with Crippen molar-refractivity contribution in [1.29, 1.82) is 0 Å². The number of fused-ring (bicyclic) bond motifs is 1. The van der Waals surface area contributed by atoms with Crippen molar-refractivity contribution in [3.05, 3.63) is 130 Å². The van der Waals surface area contributed by atoms with E-state index in [4.69, 9.17) is 32.7 Å². The number of carbonyl (C=O) groups excluding carboxylic acids is 1. The number of pyridine rings is 1. The number of nitrogens with zero attached hydrogens (tertiary/aromatic N) is 3. The maximum absolute atomic E-state index is 13.0. The predicted octanol–water partition coefficient (Wildman–Crippen LogP) is 12.1. The van der Waals surface area contributed by atoms with Crippen molar-refractivity contribution < 1.29 is 14.3 Å². The van der Waals surface area contributed by atoms with Crippen LogP contribution in [-0.2, 0) is 9.53 Å². The summed E-state index contributed by atoms with van der Waals surface area (Å²) in [6.07, 6.45) is 32.3. The molecule has 2 aromatic carbocycles. The Bertz CT molecular complexity index is 1840. The summed E-state index contributed by atoms with van der Waals surface area (Å²) < 4.78 is 13.4. The number of hydrogen-bond donors (Lipinski definition) is 0. The molecule has 1 fully saturated rings. The van der Waals surface area contributed by atoms with Gasteiger partial charge in [-0.3, -0.25) is 19.1 Å². The van der Waals surface area contributed by atoms with Crippen LogP contribution >= 0.6 is 23.2 Å². The van der Waals surface area contributed by atoms with Crippen molar-refractivity contribution in [1.82, 2.24) is 9.47 Å². The Morgan fingerprint density at radius 1 is 0.768 bits per heavy atom. The van der Waals surface area contributed by atoms with Crippen molar-refractivity contribution in [3.8, 4) is 5.75 Å². The minimum Gasteiger partial charge on any atom is -0.494 e. The van der Waals surface area contributed by atoms with Gasteiger partial charge in [-0.05, 0) is 113 Å². The predicted molar refractivity (Wildman–Crippen MR) is 236 cm³/mol. The minimum absolute atomic E-state index is 0.218. The summed E-state index contributed by atoms with van der Waals surface area (Å²) in [6, 6.07) is 14.8. The zero-order valence-corrected chi connectivity index (χ0v) is 34.9. The number of benzene rings is 2. The standard InChI is InChI=1S/C47H61Cl2N3O4/c1-3-4-5-6-7-8-9-10-11-12-13-14-15-16-17-18-19-20-21-27-46(54)56-39(2)52-44-38-41(30-28-40(44)29-31-45(52)53)55-37-23-22-32-50-33-35-51(36-34-50)43-26-24-25-42(48)47(43)49/h4-5,7-8,10-11,13-14,16-17,24-26,28-31,38-39H,3,6,9,12,15,18-23,27,32-37H2,1-2H3/b5-4-,8-7-,11-10-,14-13-,17-16-. The number of ether oxygens (including phenoxy) is 2. The molecule has 0 spiro atoms. The molecule has 1 saturated heterocycles. The first-order valence-corrected chi connectivity index (χ1v) is 21.3. The summed E-state index contributed by atoms with van der Waals surface area (Å²) in [5, 5.41) is 2.09. The van der Waals surface area contributed by atoms with E-state index in [1.807, 2.05) is 36.4 Å². The first kappa shape index (κ1) is 44.7. The molecule has 7 nitrogen and oxygen atoms in total. The second-order valence-corrected chi connectivity index (χ2v) is 14.9. The lowest BCUT2D eigenvalue weighted by atomic mass is 10.1. The van der Waals surface area contributed by atoms with Crippen LogP contribution < -0.4 is 15.2 Å². The van der Waals surface area contributed by atoms with Crippen LogP contribution in [0.2, 0.25) is 10.0 Å². The lowest BCUT2D eigenvalue weighted by Gasteiger charge is -2.36. The molecule has 3 aromatic rings. The van der Waals surface area contributed by atoms with Crippen LogP contribution in [0, 0.1) is 0 Å². The Kier molecular flexibility index (Phi) is 20.7. The van der Waals surface area contributed by atoms with Gasteiger partial charge in [-0.2, -0.15) is 0 Å². The third-order valence-electron chi connectivity index (χ3n) is 9.76. The van der Waals surface area contributed by atoms with E-state index in [0.717, 1.165) is 114 Å². The number of unbranched alkanes of at least 4 members (excludes halogenated alkanes) is 4. The van der Waals surface area contributed by atoms with Crippen LogP contribution in [0.1, 0.15) is 97.1 Å². The number of piperazine rings is 1. The fourth-order valence-electron chi connectivity index (χ4n) is 6.65. The van der Waals surface area contributed by atoms with Gasteiger partial charge in [0.2, 0.25) is 0 Å². The van der Waals surface area contributed by atoms with Gasteiger partial charge in [0.1, 0.15) is 5.75 Å². The fraction of sp³-hybridized carbons (Fsp3) is 0.447. The normalized spacial score (nSPS) is 14.8. The maximum Gasteiger partial charge on any atom is 0.307 e. The van der Waals surface area contributed by atoms with Gasteiger partial charge >= 0.3 is 5.97 Å². The van der Waals surface area contributed by atoms with Gasteiger partial charge in [0, 0.05) is 44.7 Å². The molecule has 0 N–H and O–H groups in total. The minimum atomic E-state index is -0.731. The van der Waals surface area contributed by atoms with E-state index in [-0.39, 0.29) is 11.5 Å². The lowest BCUT2D eigenvalue weighted by Crippen LogP contribution is -2.46. The van der Waals surface area contributed by atoms with E-state index in [1.165, 1.54) is 10.6 Å². The topological polar surface area (TPSA) is 64.0 Å². The van der Waals surface area contributed by atoms with Gasteiger partial charge in [-0.25, -0.2) is 0 Å².